The molecule has 2 aromatic heterocycles. The van der Waals surface area contributed by atoms with Crippen molar-refractivity contribution in [2.24, 2.45) is 0 Å². The van der Waals surface area contributed by atoms with E-state index in [0.717, 1.165) is 0 Å². The summed E-state index contributed by atoms with van der Waals surface area (Å²) in [5.41, 5.74) is -0.505. The van der Waals surface area contributed by atoms with Crippen LogP contribution in [-0.2, 0) is 20.9 Å². The molecule has 2 amide bonds. The van der Waals surface area contributed by atoms with Gasteiger partial charge in [-0.2, -0.15) is 0 Å². The molecule has 0 saturated carbocycles. The third-order valence-corrected chi connectivity index (χ3v) is 5.40. The number of allylic oxidation sites excluding steroid dienone is 1. The molecule has 3 aromatic rings. The van der Waals surface area contributed by atoms with Gasteiger partial charge in [0, 0.05) is 38.3 Å². The van der Waals surface area contributed by atoms with Crippen LogP contribution in [-0.4, -0.2) is 56.6 Å². The van der Waals surface area contributed by atoms with Gasteiger partial charge in [0.25, 0.3) is 5.56 Å². The van der Waals surface area contributed by atoms with Gasteiger partial charge in [-0.25, -0.2) is 18.7 Å². The number of benzene rings is 1. The molecule has 0 saturated heterocycles. The van der Waals surface area contributed by atoms with Crippen LogP contribution >= 0.6 is 0 Å². The van der Waals surface area contributed by atoms with Gasteiger partial charge < -0.3 is 19.5 Å². The van der Waals surface area contributed by atoms with Crippen LogP contribution < -0.4 is 10.9 Å². The summed E-state index contributed by atoms with van der Waals surface area (Å²) in [6.07, 6.45) is 6.42. The van der Waals surface area contributed by atoms with Gasteiger partial charge in [0.05, 0.1) is 17.8 Å². The lowest BCUT2D eigenvalue weighted by Gasteiger charge is -2.21. The van der Waals surface area contributed by atoms with Crippen molar-refractivity contribution in [1.29, 1.82) is 0 Å². The predicted molar refractivity (Wildman–Crippen MR) is 141 cm³/mol. The first-order valence-electron chi connectivity index (χ1n) is 12.1. The number of anilines is 1. The van der Waals surface area contributed by atoms with Crippen molar-refractivity contribution in [2.45, 2.75) is 52.2 Å². The number of ether oxygens (including phenoxy) is 1. The Labute approximate surface area is 219 Å². The van der Waals surface area contributed by atoms with Crippen molar-refractivity contribution in [2.75, 3.05) is 19.4 Å². The molecule has 2 heterocycles. The van der Waals surface area contributed by atoms with E-state index in [2.05, 4.69) is 10.3 Å². The summed E-state index contributed by atoms with van der Waals surface area (Å²) in [6.45, 7) is 5.15. The molecule has 3 rings (SSSR count). The van der Waals surface area contributed by atoms with Crippen molar-refractivity contribution in [1.82, 2.24) is 19.0 Å². The second-order valence-corrected chi connectivity index (χ2v) is 9.94. The average molecular weight is 526 g/mol. The Morgan fingerprint density at radius 2 is 1.92 bits per heavy atom. The lowest BCUT2D eigenvalue weighted by atomic mass is 10.2. The zero-order chi connectivity index (χ0) is 28.0. The SMILES string of the molecule is CN(C)C(=O)/C=C/CCCC(=O)Nc1nccn(Cc2cc3cc(F)ccc3n2C(=O)OC(C)(C)C)c1=O. The number of likely N-dealkylation sites (N-methyl/N-ethyl adjacent to an activating group) is 1. The summed E-state index contributed by atoms with van der Waals surface area (Å²) in [4.78, 5) is 55.4. The zero-order valence-electron chi connectivity index (χ0n) is 22.2. The second kappa shape index (κ2) is 11.8. The molecule has 1 aromatic carbocycles. The Kier molecular flexibility index (Phi) is 8.82. The van der Waals surface area contributed by atoms with Crippen LogP contribution in [0.2, 0.25) is 0 Å². The number of carbonyl (C=O) groups is 3. The van der Waals surface area contributed by atoms with Gasteiger partial charge in [0.1, 0.15) is 11.4 Å². The number of rotatable bonds is 8. The summed E-state index contributed by atoms with van der Waals surface area (Å²) in [7, 11) is 3.30. The molecule has 0 spiro atoms. The largest absolute Gasteiger partial charge is 0.443 e. The highest BCUT2D eigenvalue weighted by molar-refractivity contribution is 5.91. The van der Waals surface area contributed by atoms with E-state index in [-0.39, 0.29) is 24.7 Å². The number of halogens is 1. The Morgan fingerprint density at radius 1 is 1.18 bits per heavy atom. The highest BCUT2D eigenvalue weighted by Crippen LogP contribution is 2.23. The van der Waals surface area contributed by atoms with Gasteiger partial charge in [-0.15, -0.1) is 0 Å². The Bertz CT molecular complexity index is 1430. The minimum atomic E-state index is -0.770. The minimum Gasteiger partial charge on any atom is -0.443 e. The number of hydrogen-bond donors (Lipinski definition) is 1. The Hall–Kier alpha value is -4.28. The molecule has 10 nitrogen and oxygen atoms in total. The molecule has 0 fully saturated rings. The first kappa shape index (κ1) is 28.3. The third-order valence-electron chi connectivity index (χ3n) is 5.40. The van der Waals surface area contributed by atoms with Crippen LogP contribution in [0.3, 0.4) is 0 Å². The first-order chi connectivity index (χ1) is 17.9. The topological polar surface area (TPSA) is 116 Å². The van der Waals surface area contributed by atoms with Gasteiger partial charge in [-0.1, -0.05) is 6.08 Å². The fourth-order valence-corrected chi connectivity index (χ4v) is 3.62. The second-order valence-electron chi connectivity index (χ2n) is 9.94. The molecule has 38 heavy (non-hydrogen) atoms. The van der Waals surface area contributed by atoms with E-state index in [9.17, 15) is 23.6 Å². The Morgan fingerprint density at radius 3 is 2.61 bits per heavy atom. The average Bonchev–Trinajstić information content (AvgIpc) is 3.17. The van der Waals surface area contributed by atoms with Crippen LogP contribution in [0.1, 0.15) is 45.7 Å². The number of aromatic nitrogens is 3. The minimum absolute atomic E-state index is 0.0511. The van der Waals surface area contributed by atoms with Crippen molar-refractivity contribution >= 4 is 34.6 Å². The van der Waals surface area contributed by atoms with Crippen molar-refractivity contribution < 1.29 is 23.5 Å². The molecular formula is C27H32FN5O5. The third kappa shape index (κ3) is 7.37. The first-order valence-corrected chi connectivity index (χ1v) is 12.1. The van der Waals surface area contributed by atoms with Crippen LogP contribution in [0, 0.1) is 5.82 Å². The molecular weight excluding hydrogens is 493 g/mol. The maximum absolute atomic E-state index is 13.9. The van der Waals surface area contributed by atoms with Crippen LogP contribution in [0.5, 0.6) is 0 Å². The maximum atomic E-state index is 13.9. The van der Waals surface area contributed by atoms with E-state index in [1.807, 2.05) is 0 Å². The normalized spacial score (nSPS) is 11.6. The number of hydrogen-bond acceptors (Lipinski definition) is 6. The number of nitrogens with one attached hydrogen (secondary N) is 1. The quantitative estimate of drug-likeness (QED) is 0.352. The summed E-state index contributed by atoms with van der Waals surface area (Å²) in [5.74, 6) is -1.14. The summed E-state index contributed by atoms with van der Waals surface area (Å²) in [5, 5.41) is 3.00. The van der Waals surface area contributed by atoms with E-state index in [1.165, 1.54) is 50.7 Å². The summed E-state index contributed by atoms with van der Waals surface area (Å²) in [6, 6.07) is 5.63. The van der Waals surface area contributed by atoms with E-state index in [4.69, 9.17) is 4.74 Å². The van der Waals surface area contributed by atoms with Crippen LogP contribution in [0.4, 0.5) is 15.0 Å². The van der Waals surface area contributed by atoms with Gasteiger partial charge in [-0.05, 0) is 64.0 Å². The molecule has 0 unspecified atom stereocenters. The highest BCUT2D eigenvalue weighted by atomic mass is 19.1. The van der Waals surface area contributed by atoms with Crippen molar-refractivity contribution in [3.63, 3.8) is 0 Å². The predicted octanol–water partition coefficient (Wildman–Crippen LogP) is 3.92. The fraction of sp³-hybridized carbons (Fsp3) is 0.370. The molecule has 0 aliphatic carbocycles. The lowest BCUT2D eigenvalue weighted by molar-refractivity contribution is -0.123. The van der Waals surface area contributed by atoms with Gasteiger partial charge in [0.15, 0.2) is 5.82 Å². The van der Waals surface area contributed by atoms with E-state index in [0.29, 0.717) is 29.4 Å². The van der Waals surface area contributed by atoms with Gasteiger partial charge in [0.2, 0.25) is 11.8 Å². The molecule has 11 heteroatoms. The molecule has 0 atom stereocenters. The van der Waals surface area contributed by atoms with E-state index >= 15 is 0 Å². The number of carbonyl (C=O) groups excluding carboxylic acids is 3. The molecule has 0 bridgehead atoms. The van der Waals surface area contributed by atoms with Gasteiger partial charge >= 0.3 is 6.09 Å². The smallest absolute Gasteiger partial charge is 0.419 e. The van der Waals surface area contributed by atoms with E-state index in [1.54, 1.807) is 47.0 Å². The molecule has 0 radical (unpaired) electrons. The van der Waals surface area contributed by atoms with E-state index < -0.39 is 29.0 Å². The summed E-state index contributed by atoms with van der Waals surface area (Å²) < 4.78 is 22.0. The molecule has 0 aliphatic heterocycles. The molecule has 1 N–H and O–H groups in total. The molecule has 202 valence electrons. The monoisotopic (exact) mass is 525 g/mol. The van der Waals surface area contributed by atoms with Crippen molar-refractivity contribution in [3.05, 3.63) is 70.7 Å². The van der Waals surface area contributed by atoms with Crippen LogP contribution in [0.15, 0.2) is 53.6 Å². The Balaban J connectivity index is 1.78. The van der Waals surface area contributed by atoms with Gasteiger partial charge in [-0.3, -0.25) is 14.4 Å². The van der Waals surface area contributed by atoms with Crippen molar-refractivity contribution in [3.8, 4) is 0 Å². The highest BCUT2D eigenvalue weighted by Gasteiger charge is 2.23. The number of nitrogens with zero attached hydrogens (tertiary/aromatic N) is 4. The molecule has 0 aliphatic rings. The maximum Gasteiger partial charge on any atom is 0.419 e. The fourth-order valence-electron chi connectivity index (χ4n) is 3.62. The standard InChI is InChI=1S/C27H32FN5O5/c1-27(2,3)38-26(37)33-20(16-18-15-19(28)11-12-21(18)33)17-32-14-13-29-24(25(32)36)30-22(34)9-7-6-8-10-23(35)31(4)5/h8,10-16H,6-7,9,17H2,1-5H3,(H,29,30,34)/b10-8+. The number of unbranched alkanes of at least 4 members (excludes halogenated alkanes) is 1. The number of fused-ring (bicyclic) bond motifs is 1. The number of amides is 2. The van der Waals surface area contributed by atoms with Crippen LogP contribution in [0.25, 0.3) is 10.9 Å². The zero-order valence-corrected chi connectivity index (χ0v) is 22.2. The lowest BCUT2D eigenvalue weighted by Crippen LogP contribution is -2.30. The summed E-state index contributed by atoms with van der Waals surface area (Å²) >= 11 is 0.